The van der Waals surface area contributed by atoms with Crippen molar-refractivity contribution in [2.24, 2.45) is 5.73 Å². The molecule has 0 aliphatic carbocycles. The van der Waals surface area contributed by atoms with Gasteiger partial charge in [0.1, 0.15) is 0 Å². The minimum Gasteiger partial charge on any atom is -0.391 e. The summed E-state index contributed by atoms with van der Waals surface area (Å²) in [6, 6.07) is 13.4. The highest BCUT2D eigenvalue weighted by Gasteiger charge is 2.04. The van der Waals surface area contributed by atoms with Gasteiger partial charge in [-0.25, -0.2) is 0 Å². The monoisotopic (exact) mass is 321 g/mol. The zero-order chi connectivity index (χ0) is 15.2. The van der Waals surface area contributed by atoms with E-state index in [0.717, 1.165) is 16.7 Å². The number of halogens is 2. The van der Waals surface area contributed by atoms with Crippen LogP contribution < -0.4 is 5.73 Å². The van der Waals surface area contributed by atoms with Gasteiger partial charge in [0.15, 0.2) is 0 Å². The minimum absolute atomic E-state index is 0.259. The molecule has 21 heavy (non-hydrogen) atoms. The van der Waals surface area contributed by atoms with Crippen molar-refractivity contribution in [3.05, 3.63) is 69.2 Å². The highest BCUT2D eigenvalue weighted by Crippen LogP contribution is 2.26. The molecule has 3 N–H and O–H groups in total. The predicted molar refractivity (Wildman–Crippen MR) is 90.6 cm³/mol. The summed E-state index contributed by atoms with van der Waals surface area (Å²) in [6.45, 7) is 0.259. The molecule has 0 aliphatic heterocycles. The molecule has 0 unspecified atom stereocenters. The van der Waals surface area contributed by atoms with Gasteiger partial charge in [-0.3, -0.25) is 0 Å². The van der Waals surface area contributed by atoms with Crippen LogP contribution in [-0.2, 0) is 6.42 Å². The lowest BCUT2D eigenvalue weighted by Crippen LogP contribution is -2.21. The molecule has 0 aromatic heterocycles. The molecule has 0 amide bonds. The molecule has 0 heterocycles. The standard InChI is InChI=1S/C17H17Cl2NO/c18-16-5-2-6-17(19)15(16)8-7-12-3-1-4-13(9-12)10-14(21)11-20/h1-9,14,21H,10-11,20H2/t14-/m1/s1. The summed E-state index contributed by atoms with van der Waals surface area (Å²) < 4.78 is 0. The number of hydrogen-bond acceptors (Lipinski definition) is 2. The van der Waals surface area contributed by atoms with Crippen molar-refractivity contribution in [1.82, 2.24) is 0 Å². The normalized spacial score (nSPS) is 12.8. The van der Waals surface area contributed by atoms with E-state index in [1.54, 1.807) is 12.1 Å². The van der Waals surface area contributed by atoms with Crippen LogP contribution in [-0.4, -0.2) is 17.8 Å². The van der Waals surface area contributed by atoms with E-state index in [1.807, 2.05) is 42.5 Å². The molecular formula is C17H17Cl2NO. The third-order valence-electron chi connectivity index (χ3n) is 3.14. The molecule has 0 saturated heterocycles. The quantitative estimate of drug-likeness (QED) is 0.817. The summed E-state index contributed by atoms with van der Waals surface area (Å²) >= 11 is 12.3. The first kappa shape index (κ1) is 16.1. The average molecular weight is 322 g/mol. The van der Waals surface area contributed by atoms with Gasteiger partial charge < -0.3 is 10.8 Å². The van der Waals surface area contributed by atoms with Crippen molar-refractivity contribution in [3.63, 3.8) is 0 Å². The van der Waals surface area contributed by atoms with Gasteiger partial charge in [0, 0.05) is 22.2 Å². The molecule has 0 radical (unpaired) electrons. The highest BCUT2D eigenvalue weighted by molar-refractivity contribution is 6.37. The van der Waals surface area contributed by atoms with Gasteiger partial charge in [-0.05, 0) is 29.7 Å². The summed E-state index contributed by atoms with van der Waals surface area (Å²) in [5.41, 5.74) is 8.29. The smallest absolute Gasteiger partial charge is 0.0702 e. The summed E-state index contributed by atoms with van der Waals surface area (Å²) in [4.78, 5) is 0. The second kappa shape index (κ2) is 7.62. The number of benzene rings is 2. The van der Waals surface area contributed by atoms with E-state index in [1.165, 1.54) is 0 Å². The van der Waals surface area contributed by atoms with Gasteiger partial charge in [-0.15, -0.1) is 0 Å². The lowest BCUT2D eigenvalue weighted by molar-refractivity contribution is 0.183. The van der Waals surface area contributed by atoms with Crippen molar-refractivity contribution in [3.8, 4) is 0 Å². The highest BCUT2D eigenvalue weighted by atomic mass is 35.5. The first-order valence-electron chi connectivity index (χ1n) is 6.69. The van der Waals surface area contributed by atoms with Gasteiger partial charge in [0.05, 0.1) is 6.10 Å². The molecule has 0 saturated carbocycles. The topological polar surface area (TPSA) is 46.2 Å². The van der Waals surface area contributed by atoms with Crippen LogP contribution >= 0.6 is 23.2 Å². The first-order valence-corrected chi connectivity index (χ1v) is 7.45. The fourth-order valence-electron chi connectivity index (χ4n) is 2.03. The summed E-state index contributed by atoms with van der Waals surface area (Å²) in [5, 5.41) is 10.8. The van der Waals surface area contributed by atoms with Gasteiger partial charge in [0.25, 0.3) is 0 Å². The van der Waals surface area contributed by atoms with Crippen molar-refractivity contribution in [1.29, 1.82) is 0 Å². The second-order valence-electron chi connectivity index (χ2n) is 4.81. The van der Waals surface area contributed by atoms with Crippen LogP contribution in [0.25, 0.3) is 12.2 Å². The van der Waals surface area contributed by atoms with Gasteiger partial charge in [-0.2, -0.15) is 0 Å². The predicted octanol–water partition coefficient (Wildman–Crippen LogP) is 4.03. The maximum Gasteiger partial charge on any atom is 0.0702 e. The van der Waals surface area contributed by atoms with E-state index in [9.17, 15) is 5.11 Å². The van der Waals surface area contributed by atoms with E-state index >= 15 is 0 Å². The van der Waals surface area contributed by atoms with Crippen LogP contribution in [0, 0.1) is 0 Å². The van der Waals surface area contributed by atoms with Crippen LogP contribution in [0.4, 0.5) is 0 Å². The Morgan fingerprint density at radius 2 is 1.71 bits per heavy atom. The number of hydrogen-bond donors (Lipinski definition) is 2. The fraction of sp³-hybridized carbons (Fsp3) is 0.176. The Labute approximate surface area is 134 Å². The van der Waals surface area contributed by atoms with Crippen LogP contribution in [0.3, 0.4) is 0 Å². The van der Waals surface area contributed by atoms with E-state index in [-0.39, 0.29) is 6.54 Å². The Kier molecular flexibility index (Phi) is 5.83. The molecule has 2 nitrogen and oxygen atoms in total. The van der Waals surface area contributed by atoms with E-state index in [4.69, 9.17) is 28.9 Å². The number of aliphatic hydroxyl groups is 1. The minimum atomic E-state index is -0.512. The van der Waals surface area contributed by atoms with Crippen molar-refractivity contribution < 1.29 is 5.11 Å². The van der Waals surface area contributed by atoms with Crippen LogP contribution in [0.2, 0.25) is 10.0 Å². The number of aliphatic hydroxyl groups excluding tert-OH is 1. The van der Waals surface area contributed by atoms with Gasteiger partial charge in [0.2, 0.25) is 0 Å². The van der Waals surface area contributed by atoms with Crippen LogP contribution in [0.5, 0.6) is 0 Å². The Bertz CT molecular complexity index is 620. The number of nitrogens with two attached hydrogens (primary N) is 1. The van der Waals surface area contributed by atoms with Crippen LogP contribution in [0.15, 0.2) is 42.5 Å². The Morgan fingerprint density at radius 1 is 1.05 bits per heavy atom. The SMILES string of the molecule is NC[C@H](O)Cc1cccc(C=Cc2c(Cl)cccc2Cl)c1. The van der Waals surface area contributed by atoms with Crippen molar-refractivity contribution >= 4 is 35.4 Å². The van der Waals surface area contributed by atoms with Crippen molar-refractivity contribution in [2.75, 3.05) is 6.54 Å². The van der Waals surface area contributed by atoms with E-state index in [2.05, 4.69) is 0 Å². The Hall–Kier alpha value is -1.32. The summed E-state index contributed by atoms with van der Waals surface area (Å²) in [6.07, 6.45) is 3.88. The molecule has 0 fully saturated rings. The molecule has 1 atom stereocenters. The maximum absolute atomic E-state index is 9.61. The Morgan fingerprint density at radius 3 is 2.38 bits per heavy atom. The molecule has 0 bridgehead atoms. The largest absolute Gasteiger partial charge is 0.391 e. The van der Waals surface area contributed by atoms with Gasteiger partial charge in [-0.1, -0.05) is 65.7 Å². The summed E-state index contributed by atoms with van der Waals surface area (Å²) in [7, 11) is 0. The molecule has 4 heteroatoms. The first-order chi connectivity index (χ1) is 10.1. The van der Waals surface area contributed by atoms with Gasteiger partial charge >= 0.3 is 0 Å². The second-order valence-corrected chi connectivity index (χ2v) is 5.62. The number of rotatable bonds is 5. The lowest BCUT2D eigenvalue weighted by atomic mass is 10.0. The maximum atomic E-state index is 9.61. The molecule has 2 aromatic rings. The zero-order valence-electron chi connectivity index (χ0n) is 11.5. The average Bonchev–Trinajstić information content (AvgIpc) is 2.47. The molecular weight excluding hydrogens is 305 g/mol. The van der Waals surface area contributed by atoms with Crippen LogP contribution in [0.1, 0.15) is 16.7 Å². The molecule has 0 aliphatic rings. The third-order valence-corrected chi connectivity index (χ3v) is 3.80. The molecule has 110 valence electrons. The van der Waals surface area contributed by atoms with E-state index < -0.39 is 6.10 Å². The fourth-order valence-corrected chi connectivity index (χ4v) is 2.55. The summed E-state index contributed by atoms with van der Waals surface area (Å²) in [5.74, 6) is 0. The molecule has 0 spiro atoms. The van der Waals surface area contributed by atoms with E-state index in [0.29, 0.717) is 16.5 Å². The zero-order valence-corrected chi connectivity index (χ0v) is 13.0. The Balaban J connectivity index is 2.19. The van der Waals surface area contributed by atoms with Crippen molar-refractivity contribution in [2.45, 2.75) is 12.5 Å². The third kappa shape index (κ3) is 4.58. The molecule has 2 aromatic carbocycles. The molecule has 2 rings (SSSR count). The lowest BCUT2D eigenvalue weighted by Gasteiger charge is -2.08.